The molecule has 0 radical (unpaired) electrons. The highest BCUT2D eigenvalue weighted by Gasteiger charge is 2.11. The summed E-state index contributed by atoms with van der Waals surface area (Å²) >= 11 is 0. The summed E-state index contributed by atoms with van der Waals surface area (Å²) < 4.78 is 0. The molecule has 1 unspecified atom stereocenters. The van der Waals surface area contributed by atoms with Crippen LogP contribution < -0.4 is 5.32 Å². The number of benzene rings is 1. The van der Waals surface area contributed by atoms with Crippen molar-refractivity contribution in [3.8, 4) is 0 Å². The van der Waals surface area contributed by atoms with Crippen LogP contribution >= 0.6 is 0 Å². The summed E-state index contributed by atoms with van der Waals surface area (Å²) in [6.07, 6.45) is 4.12. The molecule has 96 valence electrons. The van der Waals surface area contributed by atoms with Crippen LogP contribution in [0.3, 0.4) is 0 Å². The number of nitrogens with one attached hydrogen (secondary N) is 1. The van der Waals surface area contributed by atoms with Crippen molar-refractivity contribution < 1.29 is 0 Å². The summed E-state index contributed by atoms with van der Waals surface area (Å²) in [4.78, 5) is 4.51. The lowest BCUT2D eigenvalue weighted by Crippen LogP contribution is -2.31. The second-order valence-corrected chi connectivity index (χ2v) is 5.17. The Hall–Kier alpha value is -1.41. The number of pyridine rings is 1. The number of hydrogen-bond donors (Lipinski definition) is 1. The van der Waals surface area contributed by atoms with Crippen LogP contribution in [0.2, 0.25) is 0 Å². The fourth-order valence-corrected chi connectivity index (χ4v) is 2.49. The van der Waals surface area contributed by atoms with Gasteiger partial charge in [-0.3, -0.25) is 4.98 Å². The van der Waals surface area contributed by atoms with E-state index in [9.17, 15) is 0 Å². The van der Waals surface area contributed by atoms with Crippen molar-refractivity contribution in [2.24, 2.45) is 5.92 Å². The van der Waals surface area contributed by atoms with Crippen molar-refractivity contribution >= 4 is 10.9 Å². The molecule has 0 aliphatic carbocycles. The molecule has 2 aromatic rings. The molecule has 0 saturated heterocycles. The van der Waals surface area contributed by atoms with Crippen LogP contribution in [0.15, 0.2) is 36.5 Å². The Morgan fingerprint density at radius 1 is 1.17 bits per heavy atom. The second kappa shape index (κ2) is 5.96. The maximum absolute atomic E-state index is 4.51. The van der Waals surface area contributed by atoms with E-state index in [4.69, 9.17) is 0 Å². The van der Waals surface area contributed by atoms with Gasteiger partial charge in [-0.15, -0.1) is 0 Å². The molecule has 0 fully saturated rings. The van der Waals surface area contributed by atoms with Crippen molar-refractivity contribution in [1.82, 2.24) is 10.3 Å². The van der Waals surface area contributed by atoms with E-state index >= 15 is 0 Å². The molecule has 2 heteroatoms. The summed E-state index contributed by atoms with van der Waals surface area (Å²) in [5.41, 5.74) is 2.51. The SMILES string of the molecule is CNC(CCc1cccc2cccnc12)C(C)C. The van der Waals surface area contributed by atoms with E-state index in [0.29, 0.717) is 12.0 Å². The predicted octanol–water partition coefficient (Wildman–Crippen LogP) is 3.41. The maximum Gasteiger partial charge on any atom is 0.0733 e. The minimum atomic E-state index is 0.573. The lowest BCUT2D eigenvalue weighted by Gasteiger charge is -2.20. The summed E-state index contributed by atoms with van der Waals surface area (Å²) in [5, 5.41) is 4.64. The van der Waals surface area contributed by atoms with Crippen molar-refractivity contribution in [1.29, 1.82) is 0 Å². The first-order valence-corrected chi connectivity index (χ1v) is 6.72. The van der Waals surface area contributed by atoms with Crippen molar-refractivity contribution in [3.05, 3.63) is 42.1 Å². The third kappa shape index (κ3) is 2.88. The molecule has 0 amide bonds. The maximum atomic E-state index is 4.51. The number of fused-ring (bicyclic) bond motifs is 1. The van der Waals surface area contributed by atoms with Crippen LogP contribution in [0.4, 0.5) is 0 Å². The first-order chi connectivity index (χ1) is 8.72. The Balaban J connectivity index is 2.17. The Kier molecular flexibility index (Phi) is 4.32. The van der Waals surface area contributed by atoms with Crippen LogP contribution in [-0.2, 0) is 6.42 Å². The van der Waals surface area contributed by atoms with Crippen molar-refractivity contribution in [2.75, 3.05) is 7.05 Å². The largest absolute Gasteiger partial charge is 0.317 e. The van der Waals surface area contributed by atoms with Gasteiger partial charge in [0.15, 0.2) is 0 Å². The fourth-order valence-electron chi connectivity index (χ4n) is 2.49. The number of hydrogen-bond acceptors (Lipinski definition) is 2. The van der Waals surface area contributed by atoms with Gasteiger partial charge in [0.1, 0.15) is 0 Å². The number of para-hydroxylation sites is 1. The molecule has 0 bridgehead atoms. The first-order valence-electron chi connectivity index (χ1n) is 6.72. The molecule has 18 heavy (non-hydrogen) atoms. The van der Waals surface area contributed by atoms with E-state index in [-0.39, 0.29) is 0 Å². The number of aromatic nitrogens is 1. The molecule has 2 rings (SSSR count). The van der Waals surface area contributed by atoms with E-state index in [2.05, 4.69) is 48.4 Å². The van der Waals surface area contributed by atoms with E-state index in [1.165, 1.54) is 10.9 Å². The molecule has 2 nitrogen and oxygen atoms in total. The number of aryl methyl sites for hydroxylation is 1. The quantitative estimate of drug-likeness (QED) is 0.869. The summed E-state index contributed by atoms with van der Waals surface area (Å²) in [6.45, 7) is 4.53. The Labute approximate surface area is 109 Å². The minimum absolute atomic E-state index is 0.573. The fraction of sp³-hybridized carbons (Fsp3) is 0.438. The van der Waals surface area contributed by atoms with Gasteiger partial charge in [-0.2, -0.15) is 0 Å². The minimum Gasteiger partial charge on any atom is -0.317 e. The average Bonchev–Trinajstić information content (AvgIpc) is 2.39. The highest BCUT2D eigenvalue weighted by atomic mass is 14.9. The summed E-state index contributed by atoms with van der Waals surface area (Å²) in [6, 6.07) is 11.2. The lowest BCUT2D eigenvalue weighted by molar-refractivity contribution is 0.403. The topological polar surface area (TPSA) is 24.9 Å². The zero-order valence-corrected chi connectivity index (χ0v) is 11.5. The van der Waals surface area contributed by atoms with Gasteiger partial charge in [0, 0.05) is 17.6 Å². The zero-order valence-electron chi connectivity index (χ0n) is 11.5. The average molecular weight is 242 g/mol. The first kappa shape index (κ1) is 13.0. The van der Waals surface area contributed by atoms with Gasteiger partial charge in [-0.1, -0.05) is 38.1 Å². The molecule has 1 aromatic carbocycles. The van der Waals surface area contributed by atoms with Crippen LogP contribution in [0, 0.1) is 5.92 Å². The molecule has 1 heterocycles. The molecular formula is C16H22N2. The normalized spacial score (nSPS) is 13.1. The Bertz CT molecular complexity index is 500. The second-order valence-electron chi connectivity index (χ2n) is 5.17. The molecule has 0 aliphatic heterocycles. The van der Waals surface area contributed by atoms with Crippen LogP contribution in [0.5, 0.6) is 0 Å². The predicted molar refractivity (Wildman–Crippen MR) is 77.7 cm³/mol. The van der Waals surface area contributed by atoms with E-state index in [1.54, 1.807) is 0 Å². The Morgan fingerprint density at radius 2 is 1.94 bits per heavy atom. The van der Waals surface area contributed by atoms with Gasteiger partial charge in [0.2, 0.25) is 0 Å². The standard InChI is InChI=1S/C16H22N2/c1-12(2)15(17-3)10-9-14-7-4-6-13-8-5-11-18-16(13)14/h4-8,11-12,15,17H,9-10H2,1-3H3. The highest BCUT2D eigenvalue weighted by molar-refractivity contribution is 5.81. The van der Waals surface area contributed by atoms with Gasteiger partial charge >= 0.3 is 0 Å². The molecular weight excluding hydrogens is 220 g/mol. The van der Waals surface area contributed by atoms with E-state index < -0.39 is 0 Å². The smallest absolute Gasteiger partial charge is 0.0733 e. The van der Waals surface area contributed by atoms with Crippen LogP contribution in [-0.4, -0.2) is 18.1 Å². The number of rotatable bonds is 5. The van der Waals surface area contributed by atoms with Crippen molar-refractivity contribution in [3.63, 3.8) is 0 Å². The van der Waals surface area contributed by atoms with Gasteiger partial charge in [-0.25, -0.2) is 0 Å². The highest BCUT2D eigenvalue weighted by Crippen LogP contribution is 2.19. The van der Waals surface area contributed by atoms with Gasteiger partial charge in [0.25, 0.3) is 0 Å². The van der Waals surface area contributed by atoms with Gasteiger partial charge in [-0.05, 0) is 37.4 Å². The summed E-state index contributed by atoms with van der Waals surface area (Å²) in [5.74, 6) is 0.665. The third-order valence-corrected chi connectivity index (χ3v) is 3.62. The number of nitrogens with zero attached hydrogens (tertiary/aromatic N) is 1. The molecule has 1 N–H and O–H groups in total. The van der Waals surface area contributed by atoms with Crippen LogP contribution in [0.1, 0.15) is 25.8 Å². The van der Waals surface area contributed by atoms with E-state index in [1.807, 2.05) is 19.3 Å². The van der Waals surface area contributed by atoms with Gasteiger partial charge in [0.05, 0.1) is 5.52 Å². The lowest BCUT2D eigenvalue weighted by atomic mass is 9.96. The zero-order chi connectivity index (χ0) is 13.0. The molecule has 0 saturated carbocycles. The molecule has 1 atom stereocenters. The van der Waals surface area contributed by atoms with Crippen molar-refractivity contribution in [2.45, 2.75) is 32.7 Å². The molecule has 0 aliphatic rings. The van der Waals surface area contributed by atoms with E-state index in [0.717, 1.165) is 18.4 Å². The molecule has 0 spiro atoms. The van der Waals surface area contributed by atoms with Crippen LogP contribution in [0.25, 0.3) is 10.9 Å². The third-order valence-electron chi connectivity index (χ3n) is 3.62. The summed E-state index contributed by atoms with van der Waals surface area (Å²) in [7, 11) is 2.05. The molecule has 1 aromatic heterocycles. The monoisotopic (exact) mass is 242 g/mol. The Morgan fingerprint density at radius 3 is 2.67 bits per heavy atom. The van der Waals surface area contributed by atoms with Gasteiger partial charge < -0.3 is 5.32 Å².